The molecule has 0 unspecified atom stereocenters. The van der Waals surface area contributed by atoms with Crippen LogP contribution >= 0.6 is 0 Å². The highest BCUT2D eigenvalue weighted by molar-refractivity contribution is 6.00. The van der Waals surface area contributed by atoms with Crippen molar-refractivity contribution in [2.24, 2.45) is 5.92 Å². The molecule has 9 heteroatoms. The average Bonchev–Trinajstić information content (AvgIpc) is 3.06. The summed E-state index contributed by atoms with van der Waals surface area (Å²) in [5, 5.41) is 0. The van der Waals surface area contributed by atoms with Gasteiger partial charge in [0.05, 0.1) is 31.1 Å². The number of halogens is 1. The minimum atomic E-state index is -1.14. The molecule has 182 valence electrons. The molecular formula is C24H35FN4O4. The predicted molar refractivity (Wildman–Crippen MR) is 124 cm³/mol. The van der Waals surface area contributed by atoms with Gasteiger partial charge in [-0.3, -0.25) is 4.79 Å². The number of hydrogen-bond acceptors (Lipinski definition) is 6. The Kier molecular flexibility index (Phi) is 6.70. The van der Waals surface area contributed by atoms with Crippen molar-refractivity contribution in [1.29, 1.82) is 0 Å². The second-order valence-corrected chi connectivity index (χ2v) is 10.2. The monoisotopic (exact) mass is 462 g/mol. The van der Waals surface area contributed by atoms with E-state index in [1.165, 1.54) is 0 Å². The Morgan fingerprint density at radius 3 is 2.52 bits per heavy atom. The minimum Gasteiger partial charge on any atom is -0.444 e. The Labute approximate surface area is 194 Å². The van der Waals surface area contributed by atoms with E-state index in [-0.39, 0.29) is 24.5 Å². The Bertz CT molecular complexity index is 889. The highest BCUT2D eigenvalue weighted by atomic mass is 19.1. The summed E-state index contributed by atoms with van der Waals surface area (Å²) in [7, 11) is 0. The van der Waals surface area contributed by atoms with Gasteiger partial charge < -0.3 is 29.9 Å². The zero-order valence-corrected chi connectivity index (χ0v) is 19.8. The number of carbonyl (C=O) groups is 2. The molecule has 3 aliphatic heterocycles. The maximum absolute atomic E-state index is 15.2. The second kappa shape index (κ2) is 9.37. The van der Waals surface area contributed by atoms with Crippen molar-refractivity contribution in [2.75, 3.05) is 56.6 Å². The van der Waals surface area contributed by atoms with Crippen LogP contribution in [0.25, 0.3) is 0 Å². The van der Waals surface area contributed by atoms with Gasteiger partial charge in [0.2, 0.25) is 0 Å². The van der Waals surface area contributed by atoms with Gasteiger partial charge in [-0.2, -0.15) is 0 Å². The Hall–Kier alpha value is -2.55. The lowest BCUT2D eigenvalue weighted by atomic mass is 9.92. The predicted octanol–water partition coefficient (Wildman–Crippen LogP) is 3.05. The molecule has 3 aliphatic rings. The largest absolute Gasteiger partial charge is 0.444 e. The molecular weight excluding hydrogens is 427 g/mol. The third-order valence-corrected chi connectivity index (χ3v) is 6.58. The lowest BCUT2D eigenvalue weighted by molar-refractivity contribution is 0.0130. The number of carbonyl (C=O) groups excluding carboxylic acids is 2. The van der Waals surface area contributed by atoms with Gasteiger partial charge in [-0.15, -0.1) is 0 Å². The lowest BCUT2D eigenvalue weighted by Crippen LogP contribution is -2.44. The van der Waals surface area contributed by atoms with Gasteiger partial charge in [-0.1, -0.05) is 0 Å². The summed E-state index contributed by atoms with van der Waals surface area (Å²) in [4.78, 5) is 30.6. The van der Waals surface area contributed by atoms with E-state index >= 15 is 4.39 Å². The van der Waals surface area contributed by atoms with E-state index in [1.54, 1.807) is 9.80 Å². The molecule has 0 saturated carbocycles. The summed E-state index contributed by atoms with van der Waals surface area (Å²) in [5.74, 6) is -0.331. The first-order chi connectivity index (χ1) is 15.6. The number of benzene rings is 1. The fraction of sp³-hybridized carbons (Fsp3) is 0.667. The normalized spacial score (nSPS) is 20.7. The molecule has 8 nitrogen and oxygen atoms in total. The van der Waals surface area contributed by atoms with Crippen molar-refractivity contribution in [3.8, 4) is 0 Å². The number of amides is 2. The molecule has 4 rings (SSSR count). The van der Waals surface area contributed by atoms with Crippen molar-refractivity contribution in [3.05, 3.63) is 23.3 Å². The first-order valence-corrected chi connectivity index (χ1v) is 11.8. The quantitative estimate of drug-likeness (QED) is 0.692. The molecule has 1 atom stereocenters. The number of fused-ring (bicyclic) bond motifs is 1. The van der Waals surface area contributed by atoms with Crippen LogP contribution in [0.2, 0.25) is 0 Å². The van der Waals surface area contributed by atoms with E-state index in [0.717, 1.165) is 24.3 Å². The number of anilines is 2. The zero-order chi connectivity index (χ0) is 23.8. The smallest absolute Gasteiger partial charge is 0.410 e. The summed E-state index contributed by atoms with van der Waals surface area (Å²) in [6.07, 6.45) is -0.372. The van der Waals surface area contributed by atoms with E-state index in [2.05, 4.69) is 4.90 Å². The molecule has 33 heavy (non-hydrogen) atoms. The van der Waals surface area contributed by atoms with Crippen molar-refractivity contribution < 1.29 is 23.5 Å². The van der Waals surface area contributed by atoms with Gasteiger partial charge in [-0.25, -0.2) is 9.18 Å². The molecule has 2 N–H and O–H groups in total. The van der Waals surface area contributed by atoms with Gasteiger partial charge >= 0.3 is 6.09 Å². The van der Waals surface area contributed by atoms with Gasteiger partial charge in [0.15, 0.2) is 0 Å². The number of nitrogens with two attached hydrogens (primary N) is 1. The van der Waals surface area contributed by atoms with Crippen LogP contribution in [0.5, 0.6) is 0 Å². The number of rotatable bonds is 4. The van der Waals surface area contributed by atoms with Crippen molar-refractivity contribution in [1.82, 2.24) is 9.80 Å². The number of hydrogen-bond donors (Lipinski definition) is 1. The number of morpholine rings is 1. The molecule has 3 heterocycles. The van der Waals surface area contributed by atoms with E-state index in [1.807, 2.05) is 32.9 Å². The molecule has 2 saturated heterocycles. The van der Waals surface area contributed by atoms with Crippen LogP contribution in [0.4, 0.5) is 20.6 Å². The molecule has 2 amide bonds. The standard InChI is InChI=1S/C24H35FN4O4/c1-24(2,3)33-23(31)28-6-4-16(5-7-28)19(25)15-29-14-17-12-20(26)21(13-18(17)22(29)30)27-8-10-32-11-9-27/h12-13,16,19H,4-11,14-15,26H2,1-3H3/t19-/m1/s1. The topological polar surface area (TPSA) is 88.3 Å². The first kappa shape index (κ1) is 23.6. The summed E-state index contributed by atoms with van der Waals surface area (Å²) in [5.41, 5.74) is 8.67. The van der Waals surface area contributed by atoms with Crippen LogP contribution in [0.15, 0.2) is 12.1 Å². The number of piperidine rings is 1. The molecule has 2 fully saturated rings. The SMILES string of the molecule is CC(C)(C)OC(=O)N1CCC([C@H](F)CN2Cc3cc(N)c(N4CCOCC4)cc3C2=O)CC1. The van der Waals surface area contributed by atoms with Crippen LogP contribution in [0, 0.1) is 5.92 Å². The zero-order valence-electron chi connectivity index (χ0n) is 19.8. The Morgan fingerprint density at radius 2 is 1.88 bits per heavy atom. The molecule has 1 aromatic rings. The molecule has 1 aromatic carbocycles. The van der Waals surface area contributed by atoms with E-state index in [0.29, 0.717) is 56.9 Å². The Morgan fingerprint density at radius 1 is 1.21 bits per heavy atom. The maximum atomic E-state index is 15.2. The number of alkyl halides is 1. The second-order valence-electron chi connectivity index (χ2n) is 10.2. The third kappa shape index (κ3) is 5.34. The van der Waals surface area contributed by atoms with Crippen LogP contribution in [0.1, 0.15) is 49.5 Å². The van der Waals surface area contributed by atoms with Crippen LogP contribution in [-0.2, 0) is 16.0 Å². The molecule has 0 aliphatic carbocycles. The highest BCUT2D eigenvalue weighted by Gasteiger charge is 2.35. The van der Waals surface area contributed by atoms with Gasteiger partial charge in [0.1, 0.15) is 11.8 Å². The molecule has 0 bridgehead atoms. The minimum absolute atomic E-state index is 0.0530. The van der Waals surface area contributed by atoms with Crippen LogP contribution in [0.3, 0.4) is 0 Å². The van der Waals surface area contributed by atoms with Gasteiger partial charge in [0, 0.05) is 38.3 Å². The van der Waals surface area contributed by atoms with Crippen LogP contribution < -0.4 is 10.6 Å². The Balaban J connectivity index is 1.34. The number of nitrogens with zero attached hydrogens (tertiary/aromatic N) is 3. The van der Waals surface area contributed by atoms with Gasteiger partial charge in [-0.05, 0) is 57.2 Å². The lowest BCUT2D eigenvalue weighted by Gasteiger charge is -2.35. The van der Waals surface area contributed by atoms with Crippen LogP contribution in [-0.4, -0.2) is 79.5 Å². The van der Waals surface area contributed by atoms with E-state index in [4.69, 9.17) is 15.2 Å². The summed E-state index contributed by atoms with van der Waals surface area (Å²) < 4.78 is 26.0. The fourth-order valence-electron chi connectivity index (χ4n) is 4.79. The number of nitrogen functional groups attached to an aromatic ring is 1. The van der Waals surface area contributed by atoms with E-state index in [9.17, 15) is 9.59 Å². The van der Waals surface area contributed by atoms with Gasteiger partial charge in [0.25, 0.3) is 5.91 Å². The molecule has 0 radical (unpaired) electrons. The first-order valence-electron chi connectivity index (χ1n) is 11.8. The third-order valence-electron chi connectivity index (χ3n) is 6.58. The summed E-state index contributed by atoms with van der Waals surface area (Å²) in [6, 6.07) is 3.70. The van der Waals surface area contributed by atoms with Crippen molar-refractivity contribution in [3.63, 3.8) is 0 Å². The number of ether oxygens (including phenoxy) is 2. The summed E-state index contributed by atoms with van der Waals surface area (Å²) in [6.45, 7) is 9.58. The number of likely N-dealkylation sites (tertiary alicyclic amines) is 1. The van der Waals surface area contributed by atoms with Crippen molar-refractivity contribution >= 4 is 23.4 Å². The van der Waals surface area contributed by atoms with E-state index < -0.39 is 11.8 Å². The van der Waals surface area contributed by atoms with Crippen molar-refractivity contribution in [2.45, 2.75) is 51.9 Å². The molecule has 0 spiro atoms. The highest BCUT2D eigenvalue weighted by Crippen LogP contribution is 2.34. The maximum Gasteiger partial charge on any atom is 0.410 e. The fourth-order valence-corrected chi connectivity index (χ4v) is 4.79. The summed E-state index contributed by atoms with van der Waals surface area (Å²) >= 11 is 0. The molecule has 0 aromatic heterocycles. The average molecular weight is 463 g/mol.